The largest absolute Gasteiger partial charge is 0.398 e. The van der Waals surface area contributed by atoms with Crippen LogP contribution in [0.2, 0.25) is 5.02 Å². The first-order valence-electron chi connectivity index (χ1n) is 5.76. The highest BCUT2D eigenvalue weighted by atomic mass is 35.5. The molecule has 0 saturated carbocycles. The first kappa shape index (κ1) is 14.8. The summed E-state index contributed by atoms with van der Waals surface area (Å²) in [6.45, 7) is 3.16. The van der Waals surface area contributed by atoms with Crippen molar-refractivity contribution in [3.05, 3.63) is 28.3 Å². The molecule has 1 aliphatic heterocycles. The van der Waals surface area contributed by atoms with Gasteiger partial charge in [-0.1, -0.05) is 11.6 Å². The maximum Gasteiger partial charge on any atom is 0.101 e. The highest BCUT2D eigenvalue weighted by Gasteiger charge is 2.08. The van der Waals surface area contributed by atoms with E-state index in [1.165, 1.54) is 0 Å². The molecule has 1 heterocycles. The molecular formula is C13H17ClN2O2. The van der Waals surface area contributed by atoms with E-state index >= 15 is 0 Å². The number of nitrogens with two attached hydrogens (primary N) is 1. The van der Waals surface area contributed by atoms with E-state index in [9.17, 15) is 0 Å². The second-order valence-corrected chi connectivity index (χ2v) is 4.50. The van der Waals surface area contributed by atoms with Crippen molar-refractivity contribution in [2.75, 3.05) is 18.9 Å². The van der Waals surface area contributed by atoms with Crippen LogP contribution in [0.1, 0.15) is 24.0 Å². The number of aliphatic hydroxyl groups excluding tert-OH is 1. The van der Waals surface area contributed by atoms with E-state index in [-0.39, 0.29) is 6.10 Å². The number of rotatable bonds is 0. The fraction of sp³-hybridized carbons (Fsp3) is 0.462. The number of nitrogen functional groups attached to an aromatic ring is 1. The number of nitriles is 1. The zero-order valence-electron chi connectivity index (χ0n) is 10.3. The Balaban J connectivity index is 0.000000199. The van der Waals surface area contributed by atoms with Crippen molar-refractivity contribution in [1.29, 1.82) is 5.26 Å². The predicted octanol–water partition coefficient (Wildman–Crippen LogP) is 2.26. The van der Waals surface area contributed by atoms with Gasteiger partial charge in [0.25, 0.3) is 0 Å². The minimum absolute atomic E-state index is 0.186. The Morgan fingerprint density at radius 2 is 2.28 bits per heavy atom. The lowest BCUT2D eigenvalue weighted by Crippen LogP contribution is -2.21. The van der Waals surface area contributed by atoms with Crippen LogP contribution in [0.3, 0.4) is 0 Å². The van der Waals surface area contributed by atoms with Gasteiger partial charge in [0.1, 0.15) is 6.07 Å². The highest BCUT2D eigenvalue weighted by Crippen LogP contribution is 2.24. The zero-order chi connectivity index (χ0) is 13.5. The van der Waals surface area contributed by atoms with Crippen molar-refractivity contribution >= 4 is 17.3 Å². The van der Waals surface area contributed by atoms with Crippen LogP contribution in [0.15, 0.2) is 12.1 Å². The summed E-state index contributed by atoms with van der Waals surface area (Å²) >= 11 is 5.80. The molecule has 1 aliphatic rings. The zero-order valence-corrected chi connectivity index (χ0v) is 11.1. The molecule has 1 atom stereocenters. The lowest BCUT2D eigenvalue weighted by atomic mass is 10.1. The fourth-order valence-electron chi connectivity index (χ4n) is 1.51. The van der Waals surface area contributed by atoms with Crippen LogP contribution in [0.25, 0.3) is 0 Å². The molecular weight excluding hydrogens is 252 g/mol. The monoisotopic (exact) mass is 268 g/mol. The van der Waals surface area contributed by atoms with Crippen LogP contribution in [-0.4, -0.2) is 24.4 Å². The number of aliphatic hydroxyl groups is 1. The second kappa shape index (κ2) is 7.22. The Morgan fingerprint density at radius 1 is 1.56 bits per heavy atom. The number of benzene rings is 1. The van der Waals surface area contributed by atoms with Gasteiger partial charge in [-0.2, -0.15) is 5.26 Å². The number of hydrogen-bond donors (Lipinski definition) is 2. The molecule has 2 rings (SSSR count). The van der Waals surface area contributed by atoms with Gasteiger partial charge in [-0.25, -0.2) is 0 Å². The van der Waals surface area contributed by atoms with Crippen LogP contribution in [-0.2, 0) is 4.74 Å². The lowest BCUT2D eigenvalue weighted by molar-refractivity contribution is -0.00535. The molecule has 1 aromatic carbocycles. The molecule has 0 radical (unpaired) electrons. The van der Waals surface area contributed by atoms with E-state index < -0.39 is 0 Å². The number of anilines is 1. The van der Waals surface area contributed by atoms with E-state index in [1.54, 1.807) is 19.1 Å². The maximum absolute atomic E-state index is 8.78. The van der Waals surface area contributed by atoms with Gasteiger partial charge in [0.15, 0.2) is 0 Å². The van der Waals surface area contributed by atoms with Gasteiger partial charge in [0.05, 0.1) is 23.3 Å². The molecule has 98 valence electrons. The quantitative estimate of drug-likeness (QED) is 0.708. The molecule has 0 unspecified atom stereocenters. The molecule has 1 saturated heterocycles. The summed E-state index contributed by atoms with van der Waals surface area (Å²) in [6.07, 6.45) is 1.75. The van der Waals surface area contributed by atoms with E-state index in [2.05, 4.69) is 0 Å². The van der Waals surface area contributed by atoms with Crippen LogP contribution in [0.5, 0.6) is 0 Å². The second-order valence-electron chi connectivity index (χ2n) is 4.12. The Hall–Kier alpha value is -1.28. The number of hydrogen-bond acceptors (Lipinski definition) is 4. The number of ether oxygens (including phenoxy) is 1. The molecule has 0 spiro atoms. The third-order valence-electron chi connectivity index (χ3n) is 2.68. The molecule has 3 N–H and O–H groups in total. The smallest absolute Gasteiger partial charge is 0.101 e. The lowest BCUT2D eigenvalue weighted by Gasteiger charge is -2.15. The first-order chi connectivity index (χ1) is 8.56. The van der Waals surface area contributed by atoms with Gasteiger partial charge < -0.3 is 15.6 Å². The van der Waals surface area contributed by atoms with Crippen LogP contribution >= 0.6 is 11.6 Å². The molecule has 18 heavy (non-hydrogen) atoms. The summed E-state index contributed by atoms with van der Waals surface area (Å²) < 4.78 is 4.93. The van der Waals surface area contributed by atoms with E-state index in [0.29, 0.717) is 22.9 Å². The van der Waals surface area contributed by atoms with Crippen molar-refractivity contribution in [2.45, 2.75) is 25.9 Å². The van der Waals surface area contributed by atoms with Crippen molar-refractivity contribution < 1.29 is 9.84 Å². The summed E-state index contributed by atoms with van der Waals surface area (Å²) in [7, 11) is 0. The van der Waals surface area contributed by atoms with Crippen molar-refractivity contribution in [3.8, 4) is 6.07 Å². The average Bonchev–Trinajstić information content (AvgIpc) is 2.38. The maximum atomic E-state index is 8.78. The standard InChI is InChI=1S/C8H7ClN2.C5H10O2/c1-5-7(11)3-2-6(4-10)8(5)9;6-5-2-1-3-7-4-5/h2-3H,11H2,1H3;5-6H,1-4H2/t;5-/m.1/s1. The summed E-state index contributed by atoms with van der Waals surface area (Å²) in [5.41, 5.74) is 7.41. The summed E-state index contributed by atoms with van der Waals surface area (Å²) in [5, 5.41) is 17.8. The van der Waals surface area contributed by atoms with Crippen LogP contribution in [0.4, 0.5) is 5.69 Å². The van der Waals surface area contributed by atoms with Gasteiger partial charge in [-0.05, 0) is 37.5 Å². The van der Waals surface area contributed by atoms with Crippen LogP contribution < -0.4 is 5.73 Å². The van der Waals surface area contributed by atoms with Crippen LogP contribution in [0, 0.1) is 18.3 Å². The number of halogens is 1. The Morgan fingerprint density at radius 3 is 2.72 bits per heavy atom. The molecule has 0 amide bonds. The van der Waals surface area contributed by atoms with Gasteiger partial charge in [-0.3, -0.25) is 0 Å². The van der Waals surface area contributed by atoms with Gasteiger partial charge >= 0.3 is 0 Å². The highest BCUT2D eigenvalue weighted by molar-refractivity contribution is 6.32. The Kier molecular flexibility index (Phi) is 5.93. The van der Waals surface area contributed by atoms with Gasteiger partial charge in [0.2, 0.25) is 0 Å². The third kappa shape index (κ3) is 4.19. The minimum atomic E-state index is -0.186. The molecule has 1 fully saturated rings. The van der Waals surface area contributed by atoms with Gasteiger partial charge in [-0.15, -0.1) is 0 Å². The molecule has 5 heteroatoms. The summed E-state index contributed by atoms with van der Waals surface area (Å²) in [5.74, 6) is 0. The molecule has 0 aliphatic carbocycles. The molecule has 1 aromatic rings. The third-order valence-corrected chi connectivity index (χ3v) is 3.17. The molecule has 0 aromatic heterocycles. The minimum Gasteiger partial charge on any atom is -0.398 e. The fourth-order valence-corrected chi connectivity index (χ4v) is 1.72. The van der Waals surface area contributed by atoms with Crippen molar-refractivity contribution in [1.82, 2.24) is 0 Å². The van der Waals surface area contributed by atoms with E-state index in [1.807, 2.05) is 6.07 Å². The molecule has 4 nitrogen and oxygen atoms in total. The molecule has 0 bridgehead atoms. The van der Waals surface area contributed by atoms with Crippen molar-refractivity contribution in [3.63, 3.8) is 0 Å². The van der Waals surface area contributed by atoms with E-state index in [4.69, 9.17) is 32.4 Å². The number of nitrogens with zero attached hydrogens (tertiary/aromatic N) is 1. The summed E-state index contributed by atoms with van der Waals surface area (Å²) in [6, 6.07) is 5.27. The van der Waals surface area contributed by atoms with Gasteiger partial charge in [0, 0.05) is 12.3 Å². The van der Waals surface area contributed by atoms with Crippen molar-refractivity contribution in [2.24, 2.45) is 0 Å². The predicted molar refractivity (Wildman–Crippen MR) is 71.4 cm³/mol. The summed E-state index contributed by atoms with van der Waals surface area (Å²) in [4.78, 5) is 0. The normalized spacial score (nSPS) is 18.4. The Bertz CT molecular complexity index is 437. The Labute approximate surface area is 112 Å². The topological polar surface area (TPSA) is 79.3 Å². The average molecular weight is 269 g/mol. The van der Waals surface area contributed by atoms with E-state index in [0.717, 1.165) is 25.0 Å². The SMILES string of the molecule is Cc1c(N)ccc(C#N)c1Cl.O[C@@H]1CCCOC1. The first-order valence-corrected chi connectivity index (χ1v) is 6.14.